The first-order valence-electron chi connectivity index (χ1n) is 8.39. The Morgan fingerprint density at radius 3 is 2.71 bits per heavy atom. The van der Waals surface area contributed by atoms with Gasteiger partial charge in [0.05, 0.1) is 6.61 Å². The summed E-state index contributed by atoms with van der Waals surface area (Å²) in [6.07, 6.45) is 1.99. The number of halogens is 1. The summed E-state index contributed by atoms with van der Waals surface area (Å²) in [5.74, 6) is 1.29. The number of nitrogens with zero attached hydrogens (tertiary/aromatic N) is 3. The van der Waals surface area contributed by atoms with Crippen LogP contribution in [0.25, 0.3) is 0 Å². The molecule has 1 N–H and O–H groups in total. The van der Waals surface area contributed by atoms with Crippen molar-refractivity contribution in [2.75, 3.05) is 67.2 Å². The number of rotatable bonds is 9. The van der Waals surface area contributed by atoms with Gasteiger partial charge in [0.15, 0.2) is 5.96 Å². The monoisotopic (exact) mass is 456 g/mol. The highest BCUT2D eigenvalue weighted by molar-refractivity contribution is 14.0. The fraction of sp³-hybridized carbons (Fsp3) is 0.875. The van der Waals surface area contributed by atoms with Crippen LogP contribution in [-0.4, -0.2) is 88.9 Å². The molecule has 1 amide bonds. The van der Waals surface area contributed by atoms with Crippen molar-refractivity contribution in [3.05, 3.63) is 0 Å². The molecule has 1 rings (SSSR count). The van der Waals surface area contributed by atoms with Gasteiger partial charge >= 0.3 is 0 Å². The van der Waals surface area contributed by atoms with Gasteiger partial charge in [-0.2, -0.15) is 0 Å². The van der Waals surface area contributed by atoms with Crippen molar-refractivity contribution in [3.8, 4) is 0 Å². The molecule has 1 saturated heterocycles. The molecule has 1 unspecified atom stereocenters. The molecule has 0 aliphatic carbocycles. The van der Waals surface area contributed by atoms with Crippen LogP contribution in [0.5, 0.6) is 0 Å². The van der Waals surface area contributed by atoms with Crippen molar-refractivity contribution in [1.82, 2.24) is 15.1 Å². The molecule has 1 aliphatic heterocycles. The normalized spacial score (nSPS) is 17.3. The molecule has 24 heavy (non-hydrogen) atoms. The number of carbonyl (C=O) groups excluding carboxylic acids is 1. The Hall–Kier alpha value is -0.610. The van der Waals surface area contributed by atoms with Gasteiger partial charge in [-0.25, -0.2) is 4.99 Å². The Kier molecular flexibility index (Phi) is 13.3. The van der Waals surface area contributed by atoms with Crippen molar-refractivity contribution in [2.45, 2.75) is 19.8 Å². The highest BCUT2D eigenvalue weighted by atomic mass is 127. The average Bonchev–Trinajstić information content (AvgIpc) is 3.02. The van der Waals surface area contributed by atoms with Gasteiger partial charge in [0, 0.05) is 60.0 Å². The van der Waals surface area contributed by atoms with E-state index in [1.807, 2.05) is 14.0 Å². The predicted octanol–water partition coefficient (Wildman–Crippen LogP) is 1.03. The summed E-state index contributed by atoms with van der Waals surface area (Å²) in [4.78, 5) is 19.9. The third-order valence-corrected chi connectivity index (χ3v) is 3.73. The van der Waals surface area contributed by atoms with Gasteiger partial charge in [-0.1, -0.05) is 0 Å². The maximum atomic E-state index is 11.8. The van der Waals surface area contributed by atoms with Crippen LogP contribution in [0.2, 0.25) is 0 Å². The predicted molar refractivity (Wildman–Crippen MR) is 107 cm³/mol. The Labute approximate surface area is 163 Å². The minimum absolute atomic E-state index is 0. The van der Waals surface area contributed by atoms with Gasteiger partial charge < -0.3 is 24.6 Å². The Bertz CT molecular complexity index is 374. The van der Waals surface area contributed by atoms with E-state index in [2.05, 4.69) is 15.2 Å². The number of aliphatic imine (C=N–C) groups is 1. The van der Waals surface area contributed by atoms with Gasteiger partial charge in [0.1, 0.15) is 6.54 Å². The first-order chi connectivity index (χ1) is 11.0. The number of nitrogens with one attached hydrogen (secondary N) is 1. The van der Waals surface area contributed by atoms with Gasteiger partial charge in [0.25, 0.3) is 0 Å². The molecule has 1 fully saturated rings. The molecule has 7 nitrogen and oxygen atoms in total. The summed E-state index contributed by atoms with van der Waals surface area (Å²) < 4.78 is 10.8. The highest BCUT2D eigenvalue weighted by Crippen LogP contribution is 2.13. The van der Waals surface area contributed by atoms with E-state index < -0.39 is 0 Å². The minimum Gasteiger partial charge on any atom is -0.382 e. The number of likely N-dealkylation sites (N-methyl/N-ethyl adjacent to an activating group) is 1. The molecule has 0 aromatic carbocycles. The Balaban J connectivity index is 0.00000529. The number of hydrogen-bond acceptors (Lipinski definition) is 4. The largest absolute Gasteiger partial charge is 0.382 e. The van der Waals surface area contributed by atoms with Gasteiger partial charge in [0.2, 0.25) is 5.91 Å². The lowest BCUT2D eigenvalue weighted by Crippen LogP contribution is -2.42. The molecule has 0 radical (unpaired) electrons. The second-order valence-corrected chi connectivity index (χ2v) is 6.02. The van der Waals surface area contributed by atoms with Crippen LogP contribution in [0.3, 0.4) is 0 Å². The standard InChI is InChI=1S/C16H32N4O3.HI/c1-5-22-9-6-8-17-16(18-11-15(21)19(2)3)20(4)12-14-7-10-23-13-14;/h14H,5-13H2,1-4H3,(H,17,18);1H. The molecule has 0 bridgehead atoms. The molecule has 142 valence electrons. The number of carbonyl (C=O) groups is 1. The molecular formula is C16H33IN4O3. The maximum absolute atomic E-state index is 11.8. The lowest BCUT2D eigenvalue weighted by atomic mass is 10.1. The smallest absolute Gasteiger partial charge is 0.243 e. The van der Waals surface area contributed by atoms with Crippen molar-refractivity contribution in [1.29, 1.82) is 0 Å². The lowest BCUT2D eigenvalue weighted by Gasteiger charge is -2.25. The first-order valence-corrected chi connectivity index (χ1v) is 8.39. The van der Waals surface area contributed by atoms with E-state index in [0.29, 0.717) is 5.92 Å². The second-order valence-electron chi connectivity index (χ2n) is 6.02. The SMILES string of the molecule is CCOCCCNC(=NCC(=O)N(C)C)N(C)CC1CCOC1.I. The second kappa shape index (κ2) is 13.7. The van der Waals surface area contributed by atoms with Crippen molar-refractivity contribution in [2.24, 2.45) is 10.9 Å². The molecule has 1 atom stereocenters. The maximum Gasteiger partial charge on any atom is 0.243 e. The summed E-state index contributed by atoms with van der Waals surface area (Å²) in [7, 11) is 5.49. The molecule has 1 heterocycles. The van der Waals surface area contributed by atoms with E-state index in [4.69, 9.17) is 9.47 Å². The van der Waals surface area contributed by atoms with E-state index in [9.17, 15) is 4.79 Å². The van der Waals surface area contributed by atoms with Crippen molar-refractivity contribution in [3.63, 3.8) is 0 Å². The average molecular weight is 456 g/mol. The molecule has 0 aromatic heterocycles. The Morgan fingerprint density at radius 2 is 2.12 bits per heavy atom. The van der Waals surface area contributed by atoms with Crippen LogP contribution in [0.1, 0.15) is 19.8 Å². The molecule has 0 aromatic rings. The van der Waals surface area contributed by atoms with E-state index in [0.717, 1.165) is 58.3 Å². The van der Waals surface area contributed by atoms with Gasteiger partial charge in [-0.3, -0.25) is 4.79 Å². The van der Waals surface area contributed by atoms with E-state index in [1.165, 1.54) is 0 Å². The third-order valence-electron chi connectivity index (χ3n) is 3.73. The summed E-state index contributed by atoms with van der Waals surface area (Å²) in [6, 6.07) is 0. The zero-order chi connectivity index (χ0) is 17.1. The molecular weight excluding hydrogens is 423 g/mol. The topological polar surface area (TPSA) is 66.4 Å². The molecule has 8 heteroatoms. The summed E-state index contributed by atoms with van der Waals surface area (Å²) in [5, 5.41) is 3.33. The van der Waals surface area contributed by atoms with Crippen LogP contribution >= 0.6 is 24.0 Å². The molecule has 0 spiro atoms. The lowest BCUT2D eigenvalue weighted by molar-refractivity contribution is -0.127. The molecule has 1 aliphatic rings. The zero-order valence-electron chi connectivity index (χ0n) is 15.4. The minimum atomic E-state index is -0.00350. The van der Waals surface area contributed by atoms with Gasteiger partial charge in [-0.05, 0) is 19.8 Å². The van der Waals surface area contributed by atoms with Crippen LogP contribution < -0.4 is 5.32 Å². The van der Waals surface area contributed by atoms with Crippen LogP contribution in [0, 0.1) is 5.92 Å². The summed E-state index contributed by atoms with van der Waals surface area (Å²) in [5.41, 5.74) is 0. The van der Waals surface area contributed by atoms with Crippen LogP contribution in [0.4, 0.5) is 0 Å². The highest BCUT2D eigenvalue weighted by Gasteiger charge is 2.19. The first kappa shape index (κ1) is 23.4. The van der Waals surface area contributed by atoms with E-state index >= 15 is 0 Å². The van der Waals surface area contributed by atoms with Crippen molar-refractivity contribution < 1.29 is 14.3 Å². The summed E-state index contributed by atoms with van der Waals surface area (Å²) in [6.45, 7) is 6.92. The molecule has 0 saturated carbocycles. The van der Waals surface area contributed by atoms with Crippen LogP contribution in [0.15, 0.2) is 4.99 Å². The zero-order valence-corrected chi connectivity index (χ0v) is 17.7. The fourth-order valence-corrected chi connectivity index (χ4v) is 2.32. The Morgan fingerprint density at radius 1 is 1.38 bits per heavy atom. The number of amides is 1. The van der Waals surface area contributed by atoms with E-state index in [-0.39, 0.29) is 36.4 Å². The summed E-state index contributed by atoms with van der Waals surface area (Å²) >= 11 is 0. The van der Waals surface area contributed by atoms with Crippen molar-refractivity contribution >= 4 is 35.8 Å². The number of hydrogen-bond donors (Lipinski definition) is 1. The van der Waals surface area contributed by atoms with E-state index in [1.54, 1.807) is 19.0 Å². The quantitative estimate of drug-likeness (QED) is 0.243. The fourth-order valence-electron chi connectivity index (χ4n) is 2.32. The third kappa shape index (κ3) is 9.63. The van der Waals surface area contributed by atoms with Gasteiger partial charge in [-0.15, -0.1) is 24.0 Å². The van der Waals surface area contributed by atoms with Crippen LogP contribution in [-0.2, 0) is 14.3 Å². The number of guanidine groups is 1. The number of ether oxygens (including phenoxy) is 2.